The zero-order chi connectivity index (χ0) is 17.0. The molecule has 23 heavy (non-hydrogen) atoms. The number of benzene rings is 2. The van der Waals surface area contributed by atoms with Crippen molar-refractivity contribution in [2.24, 2.45) is 0 Å². The first-order chi connectivity index (χ1) is 10.9. The Morgan fingerprint density at radius 1 is 0.957 bits per heavy atom. The number of carbonyl (C=O) groups is 2. The summed E-state index contributed by atoms with van der Waals surface area (Å²) in [7, 11) is 0. The lowest BCUT2D eigenvalue weighted by molar-refractivity contribution is -0.123. The highest BCUT2D eigenvalue weighted by molar-refractivity contribution is 5.97. The van der Waals surface area contributed by atoms with Crippen molar-refractivity contribution in [1.29, 1.82) is 0 Å². The van der Waals surface area contributed by atoms with E-state index >= 15 is 0 Å². The highest BCUT2D eigenvalue weighted by atomic mass is 16.5. The second-order valence-electron chi connectivity index (χ2n) is 5.72. The molecule has 1 N–H and O–H groups in total. The summed E-state index contributed by atoms with van der Waals surface area (Å²) in [6.45, 7) is 7.34. The molecule has 0 heterocycles. The number of carbonyl (C=O) groups excluding carboxylic acids is 2. The average Bonchev–Trinajstić information content (AvgIpc) is 2.49. The lowest BCUT2D eigenvalue weighted by Gasteiger charge is -2.14. The van der Waals surface area contributed by atoms with Crippen LogP contribution in [0.5, 0.6) is 0 Å². The van der Waals surface area contributed by atoms with Gasteiger partial charge in [0.25, 0.3) is 5.91 Å². The van der Waals surface area contributed by atoms with Crippen molar-refractivity contribution in [1.82, 2.24) is 0 Å². The number of ether oxygens (including phenoxy) is 1. The number of hydrogen-bond acceptors (Lipinski definition) is 3. The van der Waals surface area contributed by atoms with Crippen LogP contribution in [0.4, 0.5) is 5.69 Å². The fourth-order valence-electron chi connectivity index (χ4n) is 2.20. The van der Waals surface area contributed by atoms with Crippen LogP contribution in [-0.2, 0) is 9.53 Å². The second kappa shape index (κ2) is 7.09. The van der Waals surface area contributed by atoms with Gasteiger partial charge in [0.15, 0.2) is 6.10 Å². The summed E-state index contributed by atoms with van der Waals surface area (Å²) in [5.74, 6) is -0.846. The van der Waals surface area contributed by atoms with Gasteiger partial charge in [0, 0.05) is 5.69 Å². The van der Waals surface area contributed by atoms with Gasteiger partial charge in [-0.1, -0.05) is 35.4 Å². The van der Waals surface area contributed by atoms with Crippen molar-refractivity contribution in [3.05, 3.63) is 64.7 Å². The molecular formula is C19H21NO3. The lowest BCUT2D eigenvalue weighted by atomic mass is 10.1. The van der Waals surface area contributed by atoms with Crippen molar-refractivity contribution in [3.63, 3.8) is 0 Å². The van der Waals surface area contributed by atoms with Crippen LogP contribution in [0.2, 0.25) is 0 Å². The van der Waals surface area contributed by atoms with Crippen LogP contribution < -0.4 is 5.32 Å². The zero-order valence-electron chi connectivity index (χ0n) is 13.8. The van der Waals surface area contributed by atoms with Gasteiger partial charge in [-0.05, 0) is 51.5 Å². The summed E-state index contributed by atoms with van der Waals surface area (Å²) in [5.41, 5.74) is 4.17. The van der Waals surface area contributed by atoms with Crippen molar-refractivity contribution in [3.8, 4) is 0 Å². The van der Waals surface area contributed by atoms with Crippen molar-refractivity contribution >= 4 is 17.6 Å². The number of amides is 1. The number of aryl methyl sites for hydroxylation is 3. The second-order valence-corrected chi connectivity index (χ2v) is 5.72. The fourth-order valence-corrected chi connectivity index (χ4v) is 2.20. The maximum atomic E-state index is 12.2. The minimum Gasteiger partial charge on any atom is -0.449 e. The molecule has 120 valence electrons. The molecule has 4 heteroatoms. The summed E-state index contributed by atoms with van der Waals surface area (Å²) in [5, 5.41) is 2.73. The molecule has 0 aliphatic heterocycles. The molecule has 2 rings (SSSR count). The average molecular weight is 311 g/mol. The smallest absolute Gasteiger partial charge is 0.339 e. The Balaban J connectivity index is 2.00. The van der Waals surface area contributed by atoms with Gasteiger partial charge in [-0.2, -0.15) is 0 Å². The quantitative estimate of drug-likeness (QED) is 0.874. The molecule has 2 aromatic carbocycles. The van der Waals surface area contributed by atoms with Crippen LogP contribution in [0.15, 0.2) is 42.5 Å². The van der Waals surface area contributed by atoms with Crippen LogP contribution in [0.3, 0.4) is 0 Å². The maximum Gasteiger partial charge on any atom is 0.339 e. The molecular weight excluding hydrogens is 290 g/mol. The molecule has 0 aromatic heterocycles. The van der Waals surface area contributed by atoms with E-state index in [1.54, 1.807) is 13.0 Å². The summed E-state index contributed by atoms with van der Waals surface area (Å²) < 4.78 is 5.26. The maximum absolute atomic E-state index is 12.2. The monoisotopic (exact) mass is 311 g/mol. The summed E-state index contributed by atoms with van der Waals surface area (Å²) >= 11 is 0. The predicted molar refractivity (Wildman–Crippen MR) is 90.6 cm³/mol. The molecule has 0 spiro atoms. The van der Waals surface area contributed by atoms with E-state index in [1.807, 2.05) is 57.2 Å². The molecule has 0 saturated heterocycles. The van der Waals surface area contributed by atoms with Gasteiger partial charge < -0.3 is 10.1 Å². The number of nitrogens with one attached hydrogen (secondary N) is 1. The first kappa shape index (κ1) is 16.7. The van der Waals surface area contributed by atoms with Crippen molar-refractivity contribution in [2.75, 3.05) is 5.32 Å². The highest BCUT2D eigenvalue weighted by Gasteiger charge is 2.20. The van der Waals surface area contributed by atoms with E-state index < -0.39 is 12.1 Å². The molecule has 0 unspecified atom stereocenters. The highest BCUT2D eigenvalue weighted by Crippen LogP contribution is 2.14. The first-order valence-corrected chi connectivity index (χ1v) is 7.52. The topological polar surface area (TPSA) is 55.4 Å². The summed E-state index contributed by atoms with van der Waals surface area (Å²) in [6, 6.07) is 12.9. The van der Waals surface area contributed by atoms with Gasteiger partial charge in [-0.15, -0.1) is 0 Å². The van der Waals surface area contributed by atoms with Gasteiger partial charge in [-0.25, -0.2) is 4.79 Å². The van der Waals surface area contributed by atoms with E-state index in [-0.39, 0.29) is 5.91 Å². The molecule has 0 bridgehead atoms. The van der Waals surface area contributed by atoms with Crippen LogP contribution in [0.1, 0.15) is 34.0 Å². The van der Waals surface area contributed by atoms with Gasteiger partial charge in [0.05, 0.1) is 5.56 Å². The van der Waals surface area contributed by atoms with E-state index in [4.69, 9.17) is 4.74 Å². The fraction of sp³-hybridized carbons (Fsp3) is 0.263. The summed E-state index contributed by atoms with van der Waals surface area (Å²) in [6.07, 6.45) is -0.871. The molecule has 4 nitrogen and oxygen atoms in total. The van der Waals surface area contributed by atoms with E-state index in [1.165, 1.54) is 0 Å². The number of esters is 1. The minimum atomic E-state index is -0.871. The van der Waals surface area contributed by atoms with E-state index in [0.717, 1.165) is 16.7 Å². The number of anilines is 1. The van der Waals surface area contributed by atoms with Gasteiger partial charge >= 0.3 is 5.97 Å². The van der Waals surface area contributed by atoms with Gasteiger partial charge in [0.1, 0.15) is 0 Å². The normalized spacial score (nSPS) is 11.7. The molecule has 1 amide bonds. The zero-order valence-corrected chi connectivity index (χ0v) is 13.8. The Hall–Kier alpha value is -2.62. The van der Waals surface area contributed by atoms with Gasteiger partial charge in [-0.3, -0.25) is 4.79 Å². The Kier molecular flexibility index (Phi) is 5.16. The minimum absolute atomic E-state index is 0.355. The van der Waals surface area contributed by atoms with E-state index in [2.05, 4.69) is 5.32 Å². The molecule has 1 atom stereocenters. The Morgan fingerprint density at radius 2 is 1.57 bits per heavy atom. The largest absolute Gasteiger partial charge is 0.449 e. The first-order valence-electron chi connectivity index (χ1n) is 7.52. The van der Waals surface area contributed by atoms with E-state index in [0.29, 0.717) is 11.3 Å². The number of rotatable bonds is 4. The van der Waals surface area contributed by atoms with Crippen molar-refractivity contribution in [2.45, 2.75) is 33.8 Å². The molecule has 2 aromatic rings. The third kappa shape index (κ3) is 4.42. The lowest BCUT2D eigenvalue weighted by Crippen LogP contribution is -2.30. The Labute approximate surface area is 136 Å². The molecule has 0 aliphatic rings. The van der Waals surface area contributed by atoms with Crippen LogP contribution >= 0.6 is 0 Å². The van der Waals surface area contributed by atoms with Gasteiger partial charge in [0.2, 0.25) is 0 Å². The molecule has 0 aliphatic carbocycles. The molecule has 0 fully saturated rings. The molecule has 0 saturated carbocycles. The predicted octanol–water partition coefficient (Wildman–Crippen LogP) is 3.80. The van der Waals surface area contributed by atoms with Crippen molar-refractivity contribution < 1.29 is 14.3 Å². The van der Waals surface area contributed by atoms with Crippen LogP contribution in [0.25, 0.3) is 0 Å². The Morgan fingerprint density at radius 3 is 2.17 bits per heavy atom. The third-order valence-corrected chi connectivity index (χ3v) is 3.57. The van der Waals surface area contributed by atoms with E-state index in [9.17, 15) is 9.59 Å². The van der Waals surface area contributed by atoms with Crippen LogP contribution in [0, 0.1) is 20.8 Å². The third-order valence-electron chi connectivity index (χ3n) is 3.57. The molecule has 0 radical (unpaired) electrons. The standard InChI is InChI=1S/C19H21NO3/c1-12-5-8-16(9-6-12)20-18(21)15(4)23-19(22)17-10-7-13(2)11-14(17)3/h5-11,15H,1-4H3,(H,20,21)/t15-/m1/s1. The summed E-state index contributed by atoms with van der Waals surface area (Å²) in [4.78, 5) is 24.3. The Bertz CT molecular complexity index is 720. The number of hydrogen-bond donors (Lipinski definition) is 1. The van der Waals surface area contributed by atoms with Crippen LogP contribution in [-0.4, -0.2) is 18.0 Å². The SMILES string of the molecule is Cc1ccc(NC(=O)[C@@H](C)OC(=O)c2ccc(C)cc2C)cc1.